The van der Waals surface area contributed by atoms with Gasteiger partial charge in [-0.2, -0.15) is 0 Å². The maximum atomic E-state index is 15.0. The van der Waals surface area contributed by atoms with Crippen LogP contribution in [0.15, 0.2) is 54.7 Å². The number of Topliss-reactive ketones (excluding diaryl/α,β-unsaturated/α-hetero) is 1. The van der Waals surface area contributed by atoms with Crippen molar-refractivity contribution in [3.05, 3.63) is 65.9 Å². The summed E-state index contributed by atoms with van der Waals surface area (Å²) in [4.78, 5) is 293. The fourth-order valence-corrected chi connectivity index (χ4v) is 12.3. The zero-order valence-electron chi connectivity index (χ0n) is 68.9. The molecule has 2 aromatic carbocycles. The summed E-state index contributed by atoms with van der Waals surface area (Å²) in [7, 11) is 0. The number of nitrogens with one attached hydrogen (secondary N) is 15. The van der Waals surface area contributed by atoms with Gasteiger partial charge >= 0.3 is 12.1 Å². The van der Waals surface area contributed by atoms with Gasteiger partial charge in [-0.05, 0) is 83.6 Å². The number of aliphatic hydroxyl groups excluding tert-OH is 1. The van der Waals surface area contributed by atoms with Crippen molar-refractivity contribution in [2.24, 2.45) is 34.6 Å². The van der Waals surface area contributed by atoms with Gasteiger partial charge in [0.1, 0.15) is 78.2 Å². The molecule has 4 rings (SSSR count). The van der Waals surface area contributed by atoms with Crippen molar-refractivity contribution in [2.75, 3.05) is 32.0 Å². The normalized spacial score (nSPS) is 20.7. The highest BCUT2D eigenvalue weighted by molar-refractivity contribution is 6.05. The van der Waals surface area contributed by atoms with Gasteiger partial charge in [-0.15, -0.1) is 0 Å². The monoisotopic (exact) mass is 1720 g/mol. The third kappa shape index (κ3) is 35.7. The Hall–Kier alpha value is -13.4. The number of rotatable bonds is 36. The van der Waals surface area contributed by atoms with Crippen LogP contribution in [0.2, 0.25) is 0 Å². The van der Waals surface area contributed by atoms with E-state index in [1.54, 1.807) is 51.2 Å². The van der Waals surface area contributed by atoms with Crippen molar-refractivity contribution in [1.29, 1.82) is 0 Å². The minimum atomic E-state index is -2.42. The molecular weight excluding hydrogens is 1600 g/mol. The third-order valence-corrected chi connectivity index (χ3v) is 18.6. The van der Waals surface area contributed by atoms with Crippen LogP contribution in [0.3, 0.4) is 0 Å². The molecule has 1 fully saturated rings. The molecule has 0 aliphatic carbocycles. The molecule has 28 N–H and O–H groups in total. The van der Waals surface area contributed by atoms with E-state index in [0.717, 1.165) is 46.0 Å². The largest absolute Gasteiger partial charge is 0.458 e. The predicted molar refractivity (Wildman–Crippen MR) is 432 cm³/mol. The number of amides is 19. The summed E-state index contributed by atoms with van der Waals surface area (Å²) in [6.45, 7) is 5.97. The number of ketones is 1. The van der Waals surface area contributed by atoms with Gasteiger partial charge in [-0.25, -0.2) is 9.59 Å². The third-order valence-electron chi connectivity index (χ3n) is 18.6. The van der Waals surface area contributed by atoms with Gasteiger partial charge in [0.05, 0.1) is 45.4 Å². The van der Waals surface area contributed by atoms with Crippen molar-refractivity contribution in [3.63, 3.8) is 0 Å². The molecule has 1 aromatic heterocycles. The predicted octanol–water partition coefficient (Wildman–Crippen LogP) is -6.45. The van der Waals surface area contributed by atoms with E-state index in [2.05, 4.69) is 86.3 Å². The first kappa shape index (κ1) is 101. The van der Waals surface area contributed by atoms with E-state index in [1.807, 2.05) is 0 Å². The van der Waals surface area contributed by atoms with Gasteiger partial charge in [-0.1, -0.05) is 82.7 Å². The van der Waals surface area contributed by atoms with Crippen LogP contribution >= 0.6 is 0 Å². The van der Waals surface area contributed by atoms with Crippen molar-refractivity contribution in [3.8, 4) is 0 Å². The molecule has 1 aliphatic heterocycles. The second-order valence-corrected chi connectivity index (χ2v) is 30.2. The number of nitrogen functional groups attached to an aromatic ring is 1. The number of fused-ring (bicyclic) bond motifs is 1. The number of alkyl carbamates (subject to hydrolysis) is 1. The highest BCUT2D eigenvalue weighted by Crippen LogP contribution is 2.22. The Morgan fingerprint density at radius 1 is 0.549 bits per heavy atom. The number of carbonyl (C=O) groups excluding carboxylic acids is 21. The number of primary amides is 5. The van der Waals surface area contributed by atoms with Gasteiger partial charge < -0.3 is 128 Å². The zero-order chi connectivity index (χ0) is 91.3. The van der Waals surface area contributed by atoms with Crippen LogP contribution in [0.5, 0.6) is 0 Å². The first-order valence-corrected chi connectivity index (χ1v) is 39.4. The topological polar surface area (TPSA) is 737 Å². The lowest BCUT2D eigenvalue weighted by Crippen LogP contribution is -2.62. The quantitative estimate of drug-likeness (QED) is 0.0111. The fourth-order valence-electron chi connectivity index (χ4n) is 12.3. The van der Waals surface area contributed by atoms with Crippen LogP contribution in [-0.2, 0) is 107 Å². The zero-order valence-corrected chi connectivity index (χ0v) is 68.9. The van der Waals surface area contributed by atoms with Crippen LogP contribution < -0.4 is 109 Å². The Labute approximate surface area is 701 Å². The number of anilines is 1. The molecule has 45 nitrogen and oxygen atoms in total. The van der Waals surface area contributed by atoms with Gasteiger partial charge in [0.25, 0.3) is 0 Å². The minimum absolute atomic E-state index is 0.00915. The smallest absolute Gasteiger partial charge is 0.407 e. The maximum absolute atomic E-state index is 15.0. The molecule has 1 aliphatic rings. The molecule has 2 heterocycles. The van der Waals surface area contributed by atoms with Crippen molar-refractivity contribution in [2.45, 2.75) is 236 Å². The molecule has 1 saturated heterocycles. The molecule has 45 heteroatoms. The van der Waals surface area contributed by atoms with E-state index < -0.39 is 273 Å². The molecule has 0 unspecified atom stereocenters. The van der Waals surface area contributed by atoms with Crippen molar-refractivity contribution >= 4 is 141 Å². The second-order valence-electron chi connectivity index (χ2n) is 30.2. The Balaban J connectivity index is 1.92. The lowest BCUT2D eigenvalue weighted by molar-refractivity contribution is -0.156. The van der Waals surface area contributed by atoms with Crippen LogP contribution in [-0.4, -0.2) is 239 Å². The number of hydrogen-bond acceptors (Lipinski definition) is 25. The Bertz CT molecular complexity index is 4300. The summed E-state index contributed by atoms with van der Waals surface area (Å²) >= 11 is 0. The number of hydrogen-bond donors (Lipinski definition) is 22. The number of H-pyrrole nitrogens is 1. The molecule has 0 saturated carbocycles. The van der Waals surface area contributed by atoms with Crippen molar-refractivity contribution in [1.82, 2.24) is 79.4 Å². The Kier molecular flexibility index (Phi) is 41.3. The molecule has 13 atom stereocenters. The van der Waals surface area contributed by atoms with Gasteiger partial charge in [0, 0.05) is 60.6 Å². The number of nitrogens with two attached hydrogens (primary N) is 6. The fraction of sp³-hybridized carbons (Fsp3) is 0.545. The molecule has 0 spiro atoms. The van der Waals surface area contributed by atoms with Crippen LogP contribution in [0.4, 0.5) is 10.5 Å². The van der Waals surface area contributed by atoms with Crippen LogP contribution in [0.25, 0.3) is 10.9 Å². The Morgan fingerprint density at radius 2 is 1.07 bits per heavy atom. The van der Waals surface area contributed by atoms with Gasteiger partial charge in [-0.3, -0.25) is 91.1 Å². The van der Waals surface area contributed by atoms with E-state index in [1.165, 1.54) is 31.2 Å². The highest BCUT2D eigenvalue weighted by Gasteiger charge is 2.41. The molecular formula is C77H113N21O24. The molecule has 122 heavy (non-hydrogen) atoms. The van der Waals surface area contributed by atoms with E-state index in [4.69, 9.17) is 43.9 Å². The van der Waals surface area contributed by atoms with E-state index in [0.29, 0.717) is 29.3 Å². The van der Waals surface area contributed by atoms with Crippen LogP contribution in [0, 0.1) is 5.92 Å². The summed E-state index contributed by atoms with van der Waals surface area (Å²) in [5, 5.41) is 42.6. The average molecular weight is 1720 g/mol. The summed E-state index contributed by atoms with van der Waals surface area (Å²) in [5.74, 6) is -26.9. The van der Waals surface area contributed by atoms with Gasteiger partial charge in [0.2, 0.25) is 106 Å². The van der Waals surface area contributed by atoms with E-state index >= 15 is 0 Å². The van der Waals surface area contributed by atoms with Crippen molar-refractivity contribution < 1.29 is 115 Å². The number of aromatic nitrogens is 1. The number of carbonyl (C=O) groups is 21. The van der Waals surface area contributed by atoms with E-state index in [9.17, 15) is 106 Å². The number of benzene rings is 2. The summed E-state index contributed by atoms with van der Waals surface area (Å²) in [6, 6.07) is -9.84. The summed E-state index contributed by atoms with van der Waals surface area (Å²) in [5.41, 5.74) is 33.5. The summed E-state index contributed by atoms with van der Waals surface area (Å²) < 4.78 is 11.0. The maximum Gasteiger partial charge on any atom is 0.407 e. The molecule has 0 bridgehead atoms. The summed E-state index contributed by atoms with van der Waals surface area (Å²) in [6.07, 6.45) is -2.43. The number of unbranched alkanes of at least 4 members (excludes halogenated alkanes) is 6. The lowest BCUT2D eigenvalue weighted by atomic mass is 9.95. The van der Waals surface area contributed by atoms with E-state index in [-0.39, 0.29) is 37.1 Å². The number of ether oxygens (including phenoxy) is 2. The Morgan fingerprint density at radius 3 is 1.66 bits per heavy atom. The average Bonchev–Trinajstić information content (AvgIpc) is 1.62. The highest BCUT2D eigenvalue weighted by atomic mass is 16.6. The lowest BCUT2D eigenvalue weighted by Gasteiger charge is -2.30. The molecule has 19 amide bonds. The number of esters is 1. The number of para-hydroxylation sites is 2. The first-order valence-electron chi connectivity index (χ1n) is 39.4. The second kappa shape index (κ2) is 49.9. The molecule has 0 radical (unpaired) electrons. The van der Waals surface area contributed by atoms with Gasteiger partial charge in [0.15, 0.2) is 5.78 Å². The SMILES string of the molecule is CCCCCCCCCC(=O)N[C@@H](Cc1c[nH]c2ccccc12)C(=O)N[C@H](CC(N)=O)C(=O)N[C@@H](CC(N)=O)C(=O)N[C@@H]1C(=O)NCC(=O)N[C@@H](CCCNC(=O)OC(C)(C)C)C(=O)N[C@@H](CC(N)=O)C(=O)N[C@H](C)C(=O)N[C@@H](CC(N)=O)C(=O)NCC(=O)N[C@H](CO)C(=O)N[C@@H]([C@H](C)CC(N)=O)C(=O)N[C@@H](CC(=O)c2ccccc2N)C(=O)O[C@@H]1C. The first-order chi connectivity index (χ1) is 57.4. The van der Waals surface area contributed by atoms with Crippen LogP contribution in [0.1, 0.15) is 167 Å². The number of aliphatic hydroxyl groups is 1. The minimum Gasteiger partial charge on any atom is -0.458 e. The molecule has 670 valence electrons. The number of cyclic esters (lactones) is 1. The number of aromatic amines is 1. The standard InChI is InChI=1S/C77H113N21O24/c1-8-9-10-11-12-13-14-25-60(106)90-47(28-41-34-85-45-23-18-16-20-42(41)45)69(113)94-50(32-58(82)104)70(114)95-51(33-59(83)105)71(115)98-64-40(4)121-75(119)52(29-54(100)43-21-15-17-22-44(43)78)96-74(118)63(38(2)27-55(79)101)97-72(116)53(37-99)91-62(108)35-86-66(110)48(30-56(80)102)92-65(109)39(3)88-68(112)49(31-57(81)103)93-67(111)46(89-61(107)36-87-73(64)117)24-19-26-84-76(120)122-77(5,6)7/h15-18,20-23,34,38-40,46-53,63-64,85,99H,8-14,19,24-33,35-37,78H2,1-7H3,(H2,79,101)(H2,80,102)(H2,81,103)(H2,82,104)(H2,83,105)(H,84,120)(H,86,110)(H,87,117)(H,88,112)(H,89,107)(H,90,106)(H,91,108)(H,92,109)(H,93,111)(H,94,113)(H,95,114)(H,96,118)(H,97,116)(H,98,115)/t38-,39-,40-,46+,47+,48+,49+,50-,51+,52+,53-,63+,64+/m1/s1. The molecule has 3 aromatic rings.